The third-order valence-electron chi connectivity index (χ3n) is 3.50. The van der Waals surface area contributed by atoms with Crippen LogP contribution in [-0.2, 0) is 13.0 Å². The first-order valence-corrected chi connectivity index (χ1v) is 7.51. The Kier molecular flexibility index (Phi) is 5.44. The summed E-state index contributed by atoms with van der Waals surface area (Å²) in [4.78, 5) is 4.32. The highest BCUT2D eigenvalue weighted by atomic mass is 19.1. The monoisotopic (exact) mass is 290 g/mol. The summed E-state index contributed by atoms with van der Waals surface area (Å²) in [6.45, 7) is 7.72. The van der Waals surface area contributed by atoms with Crippen LogP contribution in [0.3, 0.4) is 0 Å². The van der Waals surface area contributed by atoms with Gasteiger partial charge in [-0.2, -0.15) is 5.10 Å². The molecule has 2 rings (SSSR count). The Morgan fingerprint density at radius 1 is 1.33 bits per heavy atom. The van der Waals surface area contributed by atoms with E-state index in [-0.39, 0.29) is 11.9 Å². The number of hydrogen-bond donors (Lipinski definition) is 1. The van der Waals surface area contributed by atoms with Crippen molar-refractivity contribution in [1.82, 2.24) is 20.1 Å². The van der Waals surface area contributed by atoms with Crippen LogP contribution in [-0.4, -0.2) is 21.3 Å². The molecule has 0 aliphatic carbocycles. The molecule has 0 aliphatic rings. The first kappa shape index (κ1) is 15.6. The quantitative estimate of drug-likeness (QED) is 0.852. The van der Waals surface area contributed by atoms with Crippen LogP contribution in [0.1, 0.15) is 43.3 Å². The van der Waals surface area contributed by atoms with Crippen molar-refractivity contribution in [2.75, 3.05) is 6.54 Å². The molecule has 1 N–H and O–H groups in total. The molecule has 0 saturated heterocycles. The number of halogens is 1. The van der Waals surface area contributed by atoms with E-state index in [4.69, 9.17) is 0 Å². The molecule has 1 heterocycles. The van der Waals surface area contributed by atoms with Crippen LogP contribution in [0.4, 0.5) is 4.39 Å². The van der Waals surface area contributed by atoms with Crippen molar-refractivity contribution in [2.45, 2.75) is 46.2 Å². The van der Waals surface area contributed by atoms with Crippen LogP contribution in [0.15, 0.2) is 24.5 Å². The standard InChI is InChI=1S/C16H23FN4/c1-4-8-21-16(19-11-20-21)10-15(18-5-2)13-9-12(3)6-7-14(13)17/h6-7,9,11,15,18H,4-5,8,10H2,1-3H3. The highest BCUT2D eigenvalue weighted by Crippen LogP contribution is 2.22. The van der Waals surface area contributed by atoms with Gasteiger partial charge in [0, 0.05) is 24.6 Å². The highest BCUT2D eigenvalue weighted by molar-refractivity contribution is 5.27. The third kappa shape index (κ3) is 3.88. The molecule has 1 unspecified atom stereocenters. The normalized spacial score (nSPS) is 12.6. The smallest absolute Gasteiger partial charge is 0.138 e. The number of nitrogens with one attached hydrogen (secondary N) is 1. The zero-order valence-corrected chi connectivity index (χ0v) is 12.9. The fourth-order valence-corrected chi connectivity index (χ4v) is 2.50. The summed E-state index contributed by atoms with van der Waals surface area (Å²) in [5.41, 5.74) is 1.76. The number of likely N-dealkylation sites (N-methyl/N-ethyl adjacent to an activating group) is 1. The second-order valence-corrected chi connectivity index (χ2v) is 5.24. The van der Waals surface area contributed by atoms with Gasteiger partial charge in [0.2, 0.25) is 0 Å². The molecule has 5 heteroatoms. The Morgan fingerprint density at radius 2 is 2.14 bits per heavy atom. The lowest BCUT2D eigenvalue weighted by Crippen LogP contribution is -2.25. The van der Waals surface area contributed by atoms with E-state index in [1.54, 1.807) is 12.4 Å². The molecular weight excluding hydrogens is 267 g/mol. The second kappa shape index (κ2) is 7.31. The van der Waals surface area contributed by atoms with Gasteiger partial charge >= 0.3 is 0 Å². The number of aryl methyl sites for hydroxylation is 2. The SMILES string of the molecule is CCCn1ncnc1CC(NCC)c1cc(C)ccc1F. The Balaban J connectivity index is 2.26. The summed E-state index contributed by atoms with van der Waals surface area (Å²) in [6.07, 6.45) is 3.20. The summed E-state index contributed by atoms with van der Waals surface area (Å²) in [7, 11) is 0. The summed E-state index contributed by atoms with van der Waals surface area (Å²) in [5.74, 6) is 0.719. The van der Waals surface area contributed by atoms with Crippen LogP contribution in [0, 0.1) is 12.7 Å². The lowest BCUT2D eigenvalue weighted by molar-refractivity contribution is 0.478. The van der Waals surface area contributed by atoms with E-state index in [0.717, 1.165) is 30.9 Å². The predicted octanol–water partition coefficient (Wildman–Crippen LogP) is 3.03. The van der Waals surface area contributed by atoms with Crippen molar-refractivity contribution >= 4 is 0 Å². The summed E-state index contributed by atoms with van der Waals surface area (Å²) in [5, 5.41) is 7.59. The van der Waals surface area contributed by atoms with Crippen molar-refractivity contribution in [3.8, 4) is 0 Å². The number of aromatic nitrogens is 3. The molecule has 0 amide bonds. The van der Waals surface area contributed by atoms with Crippen molar-refractivity contribution in [3.63, 3.8) is 0 Å². The van der Waals surface area contributed by atoms with Gasteiger partial charge in [0.25, 0.3) is 0 Å². The first-order valence-electron chi connectivity index (χ1n) is 7.51. The van der Waals surface area contributed by atoms with Gasteiger partial charge in [-0.3, -0.25) is 4.68 Å². The van der Waals surface area contributed by atoms with Crippen LogP contribution in [0.5, 0.6) is 0 Å². The van der Waals surface area contributed by atoms with E-state index >= 15 is 0 Å². The van der Waals surface area contributed by atoms with Gasteiger partial charge in [0.15, 0.2) is 0 Å². The summed E-state index contributed by atoms with van der Waals surface area (Å²) < 4.78 is 16.0. The van der Waals surface area contributed by atoms with E-state index in [9.17, 15) is 4.39 Å². The molecule has 1 aromatic heterocycles. The van der Waals surface area contributed by atoms with Crippen molar-refractivity contribution in [3.05, 3.63) is 47.3 Å². The highest BCUT2D eigenvalue weighted by Gasteiger charge is 2.18. The molecule has 21 heavy (non-hydrogen) atoms. The second-order valence-electron chi connectivity index (χ2n) is 5.24. The molecule has 0 fully saturated rings. The van der Waals surface area contributed by atoms with Crippen LogP contribution in [0.2, 0.25) is 0 Å². The first-order chi connectivity index (χ1) is 10.2. The molecule has 0 bridgehead atoms. The van der Waals surface area contributed by atoms with Gasteiger partial charge < -0.3 is 5.32 Å². The number of rotatable bonds is 7. The summed E-state index contributed by atoms with van der Waals surface area (Å²) in [6, 6.07) is 5.14. The Hall–Kier alpha value is -1.75. The van der Waals surface area contributed by atoms with Gasteiger partial charge in [-0.05, 0) is 26.0 Å². The molecule has 114 valence electrons. The lowest BCUT2D eigenvalue weighted by Gasteiger charge is -2.19. The van der Waals surface area contributed by atoms with E-state index in [0.29, 0.717) is 12.0 Å². The van der Waals surface area contributed by atoms with Gasteiger partial charge in [-0.25, -0.2) is 9.37 Å². The lowest BCUT2D eigenvalue weighted by atomic mass is 10.0. The number of hydrogen-bond acceptors (Lipinski definition) is 3. The largest absolute Gasteiger partial charge is 0.310 e. The van der Waals surface area contributed by atoms with E-state index < -0.39 is 0 Å². The van der Waals surface area contributed by atoms with E-state index in [1.807, 2.05) is 24.6 Å². The molecule has 0 radical (unpaired) electrons. The molecular formula is C16H23FN4. The summed E-state index contributed by atoms with van der Waals surface area (Å²) >= 11 is 0. The van der Waals surface area contributed by atoms with E-state index in [2.05, 4.69) is 22.3 Å². The van der Waals surface area contributed by atoms with Crippen molar-refractivity contribution in [1.29, 1.82) is 0 Å². The predicted molar refractivity (Wildman–Crippen MR) is 81.6 cm³/mol. The van der Waals surface area contributed by atoms with Gasteiger partial charge in [-0.15, -0.1) is 0 Å². The minimum absolute atomic E-state index is 0.0882. The van der Waals surface area contributed by atoms with Crippen molar-refractivity contribution in [2.24, 2.45) is 0 Å². The maximum atomic E-state index is 14.1. The minimum atomic E-state index is -0.173. The van der Waals surface area contributed by atoms with Crippen LogP contribution < -0.4 is 5.32 Å². The maximum absolute atomic E-state index is 14.1. The van der Waals surface area contributed by atoms with Crippen LogP contribution >= 0.6 is 0 Å². The average molecular weight is 290 g/mol. The van der Waals surface area contributed by atoms with Gasteiger partial charge in [0.05, 0.1) is 0 Å². The Morgan fingerprint density at radius 3 is 2.86 bits per heavy atom. The van der Waals surface area contributed by atoms with Gasteiger partial charge in [-0.1, -0.05) is 31.5 Å². The molecule has 1 aromatic carbocycles. The molecule has 2 aromatic rings. The van der Waals surface area contributed by atoms with Gasteiger partial charge in [0.1, 0.15) is 18.0 Å². The average Bonchev–Trinajstić information content (AvgIpc) is 2.89. The molecule has 1 atom stereocenters. The number of nitrogens with zero attached hydrogens (tertiary/aromatic N) is 3. The van der Waals surface area contributed by atoms with Crippen LogP contribution in [0.25, 0.3) is 0 Å². The Bertz CT molecular complexity index is 579. The number of benzene rings is 1. The molecule has 0 spiro atoms. The third-order valence-corrected chi connectivity index (χ3v) is 3.50. The zero-order chi connectivity index (χ0) is 15.2. The minimum Gasteiger partial charge on any atom is -0.310 e. The molecule has 0 saturated carbocycles. The maximum Gasteiger partial charge on any atom is 0.138 e. The Labute approximate surface area is 125 Å². The zero-order valence-electron chi connectivity index (χ0n) is 12.9. The molecule has 0 aliphatic heterocycles. The fraction of sp³-hybridized carbons (Fsp3) is 0.500. The van der Waals surface area contributed by atoms with Crippen molar-refractivity contribution < 1.29 is 4.39 Å². The fourth-order valence-electron chi connectivity index (χ4n) is 2.50. The topological polar surface area (TPSA) is 42.7 Å². The van der Waals surface area contributed by atoms with E-state index in [1.165, 1.54) is 6.07 Å². The molecule has 4 nitrogen and oxygen atoms in total.